The normalized spacial score (nSPS) is 16.0. The number of hydrogen-bond donors (Lipinski definition) is 2. The number of hydrogen-bond acceptors (Lipinski definition) is 8. The molecule has 2 heterocycles. The molecule has 2 rings (SSSR count). The van der Waals surface area contributed by atoms with Crippen molar-refractivity contribution in [1.29, 1.82) is 0 Å². The maximum absolute atomic E-state index is 5.47. The summed E-state index contributed by atoms with van der Waals surface area (Å²) in [6.45, 7) is 4.51. The monoisotopic (exact) mass is 284 g/mol. The van der Waals surface area contributed by atoms with Crippen molar-refractivity contribution in [3.05, 3.63) is 0 Å². The Kier molecular flexibility index (Phi) is 5.46. The van der Waals surface area contributed by atoms with E-state index < -0.39 is 0 Å². The van der Waals surface area contributed by atoms with Crippen LogP contribution in [0.15, 0.2) is 0 Å². The third kappa shape index (κ3) is 4.10. The molecule has 0 aromatic carbocycles. The van der Waals surface area contributed by atoms with Crippen LogP contribution in [0.4, 0.5) is 11.9 Å². The standard InChI is InChI=1S/C11H20N6OS/c1-2-6-18-11-14-9(16-12)13-10(15-11)17-4-3-7-19-8-5-17/h2-8,12H2,1H3,(H,13,14,15,16). The van der Waals surface area contributed by atoms with Gasteiger partial charge in [-0.1, -0.05) is 6.92 Å². The van der Waals surface area contributed by atoms with Crippen LogP contribution >= 0.6 is 11.8 Å². The van der Waals surface area contributed by atoms with Gasteiger partial charge in [0.1, 0.15) is 0 Å². The molecule has 0 radical (unpaired) electrons. The van der Waals surface area contributed by atoms with Gasteiger partial charge in [-0.25, -0.2) is 5.84 Å². The first-order valence-corrected chi connectivity index (χ1v) is 7.67. The van der Waals surface area contributed by atoms with Crippen molar-refractivity contribution >= 4 is 23.7 Å². The van der Waals surface area contributed by atoms with E-state index in [-0.39, 0.29) is 0 Å². The summed E-state index contributed by atoms with van der Waals surface area (Å²) in [4.78, 5) is 14.9. The summed E-state index contributed by atoms with van der Waals surface area (Å²) in [5, 5.41) is 0. The molecule has 1 fully saturated rings. The fraction of sp³-hybridized carbons (Fsp3) is 0.727. The summed E-state index contributed by atoms with van der Waals surface area (Å²) < 4.78 is 5.47. The lowest BCUT2D eigenvalue weighted by atomic mass is 10.4. The summed E-state index contributed by atoms with van der Waals surface area (Å²) in [6, 6.07) is 0.330. The van der Waals surface area contributed by atoms with Gasteiger partial charge < -0.3 is 9.64 Å². The summed E-state index contributed by atoms with van der Waals surface area (Å²) in [5.74, 6) is 8.64. The molecule has 0 saturated carbocycles. The lowest BCUT2D eigenvalue weighted by molar-refractivity contribution is 0.292. The van der Waals surface area contributed by atoms with Crippen LogP contribution < -0.4 is 20.9 Å². The second kappa shape index (κ2) is 7.34. The number of nitrogen functional groups attached to an aromatic ring is 1. The van der Waals surface area contributed by atoms with Crippen LogP contribution in [-0.2, 0) is 0 Å². The van der Waals surface area contributed by atoms with Crippen molar-refractivity contribution in [2.45, 2.75) is 19.8 Å². The highest BCUT2D eigenvalue weighted by Gasteiger charge is 2.15. The lowest BCUT2D eigenvalue weighted by Crippen LogP contribution is -2.28. The SMILES string of the molecule is CCCOc1nc(NN)nc(N2CCCSCC2)n1. The van der Waals surface area contributed by atoms with Gasteiger partial charge in [0.25, 0.3) is 0 Å². The first kappa shape index (κ1) is 14.1. The van der Waals surface area contributed by atoms with Gasteiger partial charge in [-0.05, 0) is 18.6 Å². The molecule has 19 heavy (non-hydrogen) atoms. The van der Waals surface area contributed by atoms with E-state index in [0.717, 1.165) is 31.7 Å². The van der Waals surface area contributed by atoms with E-state index in [2.05, 4.69) is 25.3 Å². The summed E-state index contributed by atoms with van der Waals surface area (Å²) in [7, 11) is 0. The molecule has 1 saturated heterocycles. The van der Waals surface area contributed by atoms with Gasteiger partial charge in [0, 0.05) is 18.8 Å². The molecule has 3 N–H and O–H groups in total. The van der Waals surface area contributed by atoms with E-state index in [9.17, 15) is 0 Å². The van der Waals surface area contributed by atoms with Crippen LogP contribution in [0.1, 0.15) is 19.8 Å². The van der Waals surface area contributed by atoms with E-state index in [1.54, 1.807) is 0 Å². The molecule has 8 heteroatoms. The Morgan fingerprint density at radius 2 is 2.21 bits per heavy atom. The van der Waals surface area contributed by atoms with Crippen LogP contribution in [0.25, 0.3) is 0 Å². The zero-order valence-electron chi connectivity index (χ0n) is 11.1. The molecule has 1 aliphatic heterocycles. The predicted octanol–water partition coefficient (Wildman–Crippen LogP) is 0.889. The van der Waals surface area contributed by atoms with Gasteiger partial charge in [-0.15, -0.1) is 0 Å². The average molecular weight is 284 g/mol. The molecule has 1 aliphatic rings. The topological polar surface area (TPSA) is 89.2 Å². The number of rotatable bonds is 5. The molecule has 7 nitrogen and oxygen atoms in total. The van der Waals surface area contributed by atoms with Crippen LogP contribution in [-0.4, -0.2) is 46.2 Å². The van der Waals surface area contributed by atoms with Gasteiger partial charge in [0.15, 0.2) is 0 Å². The minimum absolute atomic E-state index is 0.330. The fourth-order valence-corrected chi connectivity index (χ4v) is 2.64. The molecular weight excluding hydrogens is 264 g/mol. The number of nitrogens with one attached hydrogen (secondary N) is 1. The molecule has 1 aromatic rings. The predicted molar refractivity (Wildman–Crippen MR) is 77.6 cm³/mol. The van der Waals surface area contributed by atoms with E-state index in [1.807, 2.05) is 18.7 Å². The van der Waals surface area contributed by atoms with Gasteiger partial charge in [-0.3, -0.25) is 5.43 Å². The van der Waals surface area contributed by atoms with E-state index in [1.165, 1.54) is 5.75 Å². The first-order valence-electron chi connectivity index (χ1n) is 6.51. The number of thioether (sulfide) groups is 1. The minimum Gasteiger partial charge on any atom is -0.463 e. The molecule has 0 atom stereocenters. The van der Waals surface area contributed by atoms with E-state index in [4.69, 9.17) is 10.6 Å². The molecule has 106 valence electrons. The number of ether oxygens (including phenoxy) is 1. The highest BCUT2D eigenvalue weighted by atomic mass is 32.2. The smallest absolute Gasteiger partial charge is 0.323 e. The molecular formula is C11H20N6OS. The van der Waals surface area contributed by atoms with Crippen LogP contribution in [0.2, 0.25) is 0 Å². The molecule has 0 unspecified atom stereocenters. The second-order valence-electron chi connectivity index (χ2n) is 4.19. The van der Waals surface area contributed by atoms with Crippen LogP contribution in [0.3, 0.4) is 0 Å². The Morgan fingerprint density at radius 3 is 3.00 bits per heavy atom. The van der Waals surface area contributed by atoms with Crippen molar-refractivity contribution in [3.63, 3.8) is 0 Å². The Hall–Kier alpha value is -1.28. The number of nitrogens with zero attached hydrogens (tertiary/aromatic N) is 4. The highest BCUT2D eigenvalue weighted by Crippen LogP contribution is 2.18. The van der Waals surface area contributed by atoms with Crippen molar-refractivity contribution in [1.82, 2.24) is 15.0 Å². The van der Waals surface area contributed by atoms with Crippen molar-refractivity contribution in [2.75, 3.05) is 41.5 Å². The van der Waals surface area contributed by atoms with E-state index in [0.29, 0.717) is 24.5 Å². The number of hydrazine groups is 1. The molecule has 0 amide bonds. The maximum atomic E-state index is 5.47. The highest BCUT2D eigenvalue weighted by molar-refractivity contribution is 7.99. The summed E-state index contributed by atoms with van der Waals surface area (Å²) in [5.41, 5.74) is 2.46. The second-order valence-corrected chi connectivity index (χ2v) is 5.41. The first-order chi connectivity index (χ1) is 9.33. The Bertz CT molecular complexity index is 397. The quantitative estimate of drug-likeness (QED) is 0.608. The third-order valence-electron chi connectivity index (χ3n) is 2.67. The molecule has 0 aliphatic carbocycles. The number of nitrogens with two attached hydrogens (primary N) is 1. The number of aromatic nitrogens is 3. The van der Waals surface area contributed by atoms with Gasteiger partial charge in [-0.2, -0.15) is 26.7 Å². The zero-order chi connectivity index (χ0) is 13.5. The van der Waals surface area contributed by atoms with Gasteiger partial charge in [0.05, 0.1) is 6.61 Å². The maximum Gasteiger partial charge on any atom is 0.323 e. The third-order valence-corrected chi connectivity index (χ3v) is 3.72. The average Bonchev–Trinajstić information content (AvgIpc) is 2.73. The molecule has 1 aromatic heterocycles. The van der Waals surface area contributed by atoms with E-state index >= 15 is 0 Å². The summed E-state index contributed by atoms with van der Waals surface area (Å²) >= 11 is 1.96. The number of anilines is 2. The Morgan fingerprint density at radius 1 is 1.32 bits per heavy atom. The zero-order valence-corrected chi connectivity index (χ0v) is 11.9. The minimum atomic E-state index is 0.330. The largest absolute Gasteiger partial charge is 0.463 e. The van der Waals surface area contributed by atoms with Crippen molar-refractivity contribution in [3.8, 4) is 6.01 Å². The molecule has 0 spiro atoms. The van der Waals surface area contributed by atoms with Crippen LogP contribution in [0, 0.1) is 0 Å². The summed E-state index contributed by atoms with van der Waals surface area (Å²) in [6.07, 6.45) is 2.04. The Labute approximate surface area is 117 Å². The van der Waals surface area contributed by atoms with Gasteiger partial charge in [0.2, 0.25) is 11.9 Å². The lowest BCUT2D eigenvalue weighted by Gasteiger charge is -2.20. The Balaban J connectivity index is 2.17. The molecule has 0 bridgehead atoms. The van der Waals surface area contributed by atoms with Crippen molar-refractivity contribution < 1.29 is 4.74 Å². The van der Waals surface area contributed by atoms with Crippen molar-refractivity contribution in [2.24, 2.45) is 5.84 Å². The fourth-order valence-electron chi connectivity index (χ4n) is 1.76. The van der Waals surface area contributed by atoms with Crippen LogP contribution in [0.5, 0.6) is 6.01 Å². The van der Waals surface area contributed by atoms with Gasteiger partial charge >= 0.3 is 6.01 Å².